The first kappa shape index (κ1) is 17.3. The normalized spacial score (nSPS) is 25.1. The van der Waals surface area contributed by atoms with Crippen molar-refractivity contribution in [1.82, 2.24) is 0 Å². The molecule has 0 bridgehead atoms. The van der Waals surface area contributed by atoms with E-state index in [0.717, 1.165) is 6.21 Å². The van der Waals surface area contributed by atoms with Crippen LogP contribution in [0.5, 0.6) is 11.5 Å². The Morgan fingerprint density at radius 3 is 2.72 bits per heavy atom. The Kier molecular flexibility index (Phi) is 4.20. The summed E-state index contributed by atoms with van der Waals surface area (Å²) >= 11 is 6.33. The number of hydrogen-bond acceptors (Lipinski definition) is 7. The van der Waals surface area contributed by atoms with Gasteiger partial charge in [-0.15, -0.1) is 0 Å². The number of hydrogen-bond donors (Lipinski definition) is 1. The maximum absolute atomic E-state index is 13.3. The highest BCUT2D eigenvalue weighted by Gasteiger charge is 2.59. The summed E-state index contributed by atoms with van der Waals surface area (Å²) in [6, 6.07) is 1.48. The number of allylic oxidation sites excluding steroid dienone is 1. The molecule has 7 nitrogen and oxygen atoms in total. The molecule has 0 saturated heterocycles. The van der Waals surface area contributed by atoms with Gasteiger partial charge in [0, 0.05) is 24.0 Å². The number of rotatable bonds is 3. The van der Waals surface area contributed by atoms with Crippen molar-refractivity contribution in [2.45, 2.75) is 18.9 Å². The quantitative estimate of drug-likeness (QED) is 0.502. The minimum atomic E-state index is -1.48. The highest BCUT2D eigenvalue weighted by molar-refractivity contribution is 6.36. The van der Waals surface area contributed by atoms with E-state index in [-0.39, 0.29) is 45.8 Å². The number of benzene rings is 1. The molecule has 1 heterocycles. The highest BCUT2D eigenvalue weighted by Crippen LogP contribution is 2.52. The van der Waals surface area contributed by atoms with Crippen molar-refractivity contribution in [2.75, 3.05) is 14.2 Å². The number of ether oxygens (including phenoxy) is 3. The average molecular weight is 366 g/mol. The van der Waals surface area contributed by atoms with E-state index >= 15 is 0 Å². The second-order valence-corrected chi connectivity index (χ2v) is 6.26. The minimum Gasteiger partial charge on any atom is -0.496 e. The maximum Gasteiger partial charge on any atom is 0.231 e. The maximum atomic E-state index is 13.3. The van der Waals surface area contributed by atoms with Gasteiger partial charge in [0.25, 0.3) is 0 Å². The minimum absolute atomic E-state index is 0.110. The van der Waals surface area contributed by atoms with E-state index in [1.54, 1.807) is 6.92 Å². The summed E-state index contributed by atoms with van der Waals surface area (Å²) < 4.78 is 16.6. The van der Waals surface area contributed by atoms with Gasteiger partial charge in [0.15, 0.2) is 17.3 Å². The summed E-state index contributed by atoms with van der Waals surface area (Å²) in [7, 11) is 2.78. The Morgan fingerprint density at radius 1 is 1.40 bits per heavy atom. The highest BCUT2D eigenvalue weighted by atomic mass is 35.5. The molecule has 0 saturated carbocycles. The molecule has 0 amide bonds. The predicted octanol–water partition coefficient (Wildman–Crippen LogP) is 2.61. The lowest BCUT2D eigenvalue weighted by Gasteiger charge is -2.36. The fourth-order valence-electron chi connectivity index (χ4n) is 3.35. The predicted molar refractivity (Wildman–Crippen MR) is 89.0 cm³/mol. The zero-order chi connectivity index (χ0) is 18.4. The molecule has 1 aromatic carbocycles. The van der Waals surface area contributed by atoms with Crippen LogP contribution in [-0.4, -0.2) is 42.8 Å². The van der Waals surface area contributed by atoms with Crippen LogP contribution in [0.2, 0.25) is 5.02 Å². The second kappa shape index (κ2) is 6.07. The van der Waals surface area contributed by atoms with E-state index in [9.17, 15) is 9.59 Å². The van der Waals surface area contributed by atoms with Crippen LogP contribution in [0.4, 0.5) is 0 Å². The lowest BCUT2D eigenvalue weighted by molar-refractivity contribution is -0.118. The van der Waals surface area contributed by atoms with Crippen LogP contribution in [0.15, 0.2) is 23.1 Å². The van der Waals surface area contributed by atoms with Gasteiger partial charge < -0.3 is 19.4 Å². The van der Waals surface area contributed by atoms with Gasteiger partial charge in [0.2, 0.25) is 11.4 Å². The van der Waals surface area contributed by atoms with Crippen molar-refractivity contribution in [2.24, 2.45) is 11.1 Å². The molecule has 8 heteroatoms. The third kappa shape index (κ3) is 2.30. The van der Waals surface area contributed by atoms with E-state index in [1.165, 1.54) is 26.4 Å². The van der Waals surface area contributed by atoms with Crippen LogP contribution >= 0.6 is 11.6 Å². The number of oxime groups is 1. The first-order valence-corrected chi connectivity index (χ1v) is 7.89. The van der Waals surface area contributed by atoms with Crippen molar-refractivity contribution in [1.29, 1.82) is 0 Å². The van der Waals surface area contributed by atoms with Crippen LogP contribution < -0.4 is 9.47 Å². The molecule has 132 valence electrons. The third-order valence-corrected chi connectivity index (χ3v) is 4.93. The van der Waals surface area contributed by atoms with Crippen molar-refractivity contribution < 1.29 is 29.0 Å². The standard InChI is InChI=1S/C17H16ClNO6/c1-8-4-10(20)6-12(24-3)17(8)16(21)13-11(23-2)5-9(7-19-22)14(18)15(13)25-17/h5-8,22H,4H2,1-3H3/t8-,17+/m1/s1. The second-order valence-electron chi connectivity index (χ2n) is 5.88. The number of methoxy groups -OCH3 is 2. The summed E-state index contributed by atoms with van der Waals surface area (Å²) in [6.45, 7) is 1.74. The first-order valence-electron chi connectivity index (χ1n) is 7.51. The van der Waals surface area contributed by atoms with Gasteiger partial charge in [0.05, 0.1) is 25.5 Å². The molecule has 3 rings (SSSR count). The van der Waals surface area contributed by atoms with Crippen LogP contribution in [0.3, 0.4) is 0 Å². The van der Waals surface area contributed by atoms with Crippen LogP contribution in [-0.2, 0) is 9.53 Å². The Bertz CT molecular complexity index is 831. The van der Waals surface area contributed by atoms with E-state index < -0.39 is 11.5 Å². The van der Waals surface area contributed by atoms with Crippen LogP contribution in [0.1, 0.15) is 29.3 Å². The monoisotopic (exact) mass is 365 g/mol. The molecule has 2 aliphatic rings. The average Bonchev–Trinajstić information content (AvgIpc) is 2.89. The van der Waals surface area contributed by atoms with E-state index in [1.807, 2.05) is 0 Å². The summed E-state index contributed by atoms with van der Waals surface area (Å²) in [5, 5.41) is 11.9. The number of Topliss-reactive ketones (excluding diaryl/α,β-unsaturated/α-hetero) is 1. The van der Waals surface area contributed by atoms with Gasteiger partial charge in [0.1, 0.15) is 11.3 Å². The molecular formula is C17H16ClNO6. The zero-order valence-electron chi connectivity index (χ0n) is 13.8. The van der Waals surface area contributed by atoms with Gasteiger partial charge in [-0.1, -0.05) is 23.7 Å². The number of carbonyl (C=O) groups excluding carboxylic acids is 2. The molecule has 25 heavy (non-hydrogen) atoms. The molecule has 1 spiro atoms. The van der Waals surface area contributed by atoms with E-state index in [0.29, 0.717) is 5.56 Å². The van der Waals surface area contributed by atoms with Crippen molar-refractivity contribution >= 4 is 29.4 Å². The van der Waals surface area contributed by atoms with Gasteiger partial charge in [-0.25, -0.2) is 0 Å². The smallest absolute Gasteiger partial charge is 0.231 e. The van der Waals surface area contributed by atoms with Gasteiger partial charge in [-0.3, -0.25) is 9.59 Å². The van der Waals surface area contributed by atoms with Gasteiger partial charge >= 0.3 is 0 Å². The summed E-state index contributed by atoms with van der Waals surface area (Å²) in [5.74, 6) is -0.514. The Labute approximate surface area is 148 Å². The number of ketones is 2. The fourth-order valence-corrected chi connectivity index (χ4v) is 3.58. The van der Waals surface area contributed by atoms with Gasteiger partial charge in [-0.2, -0.15) is 0 Å². The third-order valence-electron chi connectivity index (χ3n) is 4.54. The number of nitrogens with zero attached hydrogens (tertiary/aromatic N) is 1. The summed E-state index contributed by atoms with van der Waals surface area (Å²) in [4.78, 5) is 25.2. The molecule has 1 aliphatic carbocycles. The molecule has 0 unspecified atom stereocenters. The SMILES string of the molecule is COC1=CC(=O)C[C@@H](C)[C@]12Oc1c(Cl)c(C=NO)cc(OC)c1C2=O. The first-order chi connectivity index (χ1) is 11.9. The Hall–Kier alpha value is -2.54. The Morgan fingerprint density at radius 2 is 2.12 bits per heavy atom. The Balaban J connectivity index is 2.26. The molecule has 0 radical (unpaired) electrons. The zero-order valence-corrected chi connectivity index (χ0v) is 14.6. The molecule has 1 N–H and O–H groups in total. The van der Waals surface area contributed by atoms with Crippen molar-refractivity contribution in [3.63, 3.8) is 0 Å². The van der Waals surface area contributed by atoms with Gasteiger partial charge in [-0.05, 0) is 6.07 Å². The molecule has 2 atom stereocenters. The van der Waals surface area contributed by atoms with Crippen molar-refractivity contribution in [3.8, 4) is 11.5 Å². The molecule has 1 aromatic rings. The molecule has 0 aromatic heterocycles. The number of carbonyl (C=O) groups is 2. The van der Waals surface area contributed by atoms with E-state index in [2.05, 4.69) is 5.16 Å². The number of fused-ring (bicyclic) bond motifs is 1. The largest absolute Gasteiger partial charge is 0.496 e. The topological polar surface area (TPSA) is 94.4 Å². The molecule has 1 aliphatic heterocycles. The number of halogens is 1. The lowest BCUT2D eigenvalue weighted by atomic mass is 9.75. The van der Waals surface area contributed by atoms with Crippen LogP contribution in [0, 0.1) is 5.92 Å². The fraction of sp³-hybridized carbons (Fsp3) is 0.353. The summed E-state index contributed by atoms with van der Waals surface area (Å²) in [5.41, 5.74) is -0.976. The van der Waals surface area contributed by atoms with Crippen LogP contribution in [0.25, 0.3) is 0 Å². The lowest BCUT2D eigenvalue weighted by Crippen LogP contribution is -2.51. The van der Waals surface area contributed by atoms with E-state index in [4.69, 9.17) is 31.0 Å². The molecule has 0 fully saturated rings. The van der Waals surface area contributed by atoms with Crippen molar-refractivity contribution in [3.05, 3.63) is 34.1 Å². The summed E-state index contributed by atoms with van der Waals surface area (Å²) in [6.07, 6.45) is 2.53. The molecular weight excluding hydrogens is 350 g/mol.